The number of rotatable bonds is 7. The molecule has 3 aromatic rings. The van der Waals surface area contributed by atoms with Crippen LogP contribution in [-0.2, 0) is 10.0 Å². The van der Waals surface area contributed by atoms with Crippen LogP contribution < -0.4 is 19.5 Å². The van der Waals surface area contributed by atoms with Crippen LogP contribution in [0.5, 0.6) is 11.5 Å². The monoisotopic (exact) mass is 398 g/mol. The highest BCUT2D eigenvalue weighted by atomic mass is 32.2. The van der Waals surface area contributed by atoms with Gasteiger partial charge in [-0.1, -0.05) is 0 Å². The van der Waals surface area contributed by atoms with Gasteiger partial charge in [-0.2, -0.15) is 0 Å². The van der Waals surface area contributed by atoms with Gasteiger partial charge in [0.25, 0.3) is 10.0 Å². The van der Waals surface area contributed by atoms with Crippen molar-refractivity contribution < 1.29 is 17.9 Å². The third-order valence-electron chi connectivity index (χ3n) is 4.19. The van der Waals surface area contributed by atoms with Crippen molar-refractivity contribution >= 4 is 27.1 Å². The molecule has 3 rings (SSSR count). The van der Waals surface area contributed by atoms with E-state index in [4.69, 9.17) is 9.47 Å². The van der Waals surface area contributed by atoms with Crippen LogP contribution in [0, 0.1) is 6.92 Å². The number of ether oxygens (including phenoxy) is 2. The minimum atomic E-state index is -3.68. The van der Waals surface area contributed by atoms with E-state index in [-0.39, 0.29) is 4.90 Å². The summed E-state index contributed by atoms with van der Waals surface area (Å²) in [6, 6.07) is 19.3. The third kappa shape index (κ3) is 4.55. The molecule has 146 valence electrons. The van der Waals surface area contributed by atoms with Gasteiger partial charge >= 0.3 is 0 Å². The summed E-state index contributed by atoms with van der Waals surface area (Å²) >= 11 is 0. The lowest BCUT2D eigenvalue weighted by molar-refractivity contribution is 0.411. The maximum Gasteiger partial charge on any atom is 0.261 e. The molecule has 2 N–H and O–H groups in total. The number of anilines is 3. The Kier molecular flexibility index (Phi) is 5.75. The van der Waals surface area contributed by atoms with Gasteiger partial charge in [0.2, 0.25) is 0 Å². The average Bonchev–Trinajstić information content (AvgIpc) is 2.70. The van der Waals surface area contributed by atoms with Crippen LogP contribution in [0.15, 0.2) is 71.6 Å². The first-order chi connectivity index (χ1) is 13.4. The van der Waals surface area contributed by atoms with Crippen LogP contribution in [0.4, 0.5) is 17.1 Å². The molecular weight excluding hydrogens is 376 g/mol. The number of hydrogen-bond acceptors (Lipinski definition) is 5. The Bertz CT molecular complexity index is 1050. The van der Waals surface area contributed by atoms with Crippen molar-refractivity contribution in [2.75, 3.05) is 24.3 Å². The van der Waals surface area contributed by atoms with Crippen molar-refractivity contribution in [1.29, 1.82) is 0 Å². The van der Waals surface area contributed by atoms with Gasteiger partial charge in [-0.05, 0) is 79.2 Å². The van der Waals surface area contributed by atoms with Crippen molar-refractivity contribution in [3.05, 3.63) is 72.3 Å². The standard InChI is InChI=1S/C21H22N2O4S/c1-15-14-20(12-13-21(15)27-3)28(24,25)23-18-6-4-16(5-7-18)22-17-8-10-19(26-2)11-9-17/h4-14,22-23H,1-3H3. The molecule has 0 unspecified atom stereocenters. The molecule has 0 radical (unpaired) electrons. The van der Waals surface area contributed by atoms with E-state index in [2.05, 4.69) is 10.0 Å². The lowest BCUT2D eigenvalue weighted by atomic mass is 10.2. The lowest BCUT2D eigenvalue weighted by Gasteiger charge is -2.12. The summed E-state index contributed by atoms with van der Waals surface area (Å²) in [6.45, 7) is 1.80. The Balaban J connectivity index is 1.71. The van der Waals surface area contributed by atoms with E-state index >= 15 is 0 Å². The predicted octanol–water partition coefficient (Wildman–Crippen LogP) is 4.56. The highest BCUT2D eigenvalue weighted by molar-refractivity contribution is 7.92. The molecule has 0 aromatic heterocycles. The van der Waals surface area contributed by atoms with Crippen LogP contribution in [0.3, 0.4) is 0 Å². The number of sulfonamides is 1. The maximum absolute atomic E-state index is 12.6. The molecule has 0 bridgehead atoms. The second-order valence-corrected chi connectivity index (χ2v) is 7.85. The van der Waals surface area contributed by atoms with Crippen molar-refractivity contribution in [1.82, 2.24) is 0 Å². The van der Waals surface area contributed by atoms with Gasteiger partial charge in [0, 0.05) is 17.1 Å². The molecule has 0 spiro atoms. The van der Waals surface area contributed by atoms with E-state index in [1.54, 1.807) is 57.5 Å². The van der Waals surface area contributed by atoms with Crippen LogP contribution in [0.2, 0.25) is 0 Å². The number of benzene rings is 3. The van der Waals surface area contributed by atoms with Crippen molar-refractivity contribution in [3.63, 3.8) is 0 Å². The van der Waals surface area contributed by atoms with Gasteiger partial charge in [-0.15, -0.1) is 0 Å². The molecule has 28 heavy (non-hydrogen) atoms. The highest BCUT2D eigenvalue weighted by Gasteiger charge is 2.15. The summed E-state index contributed by atoms with van der Waals surface area (Å²) in [7, 11) is -0.508. The van der Waals surface area contributed by atoms with Crippen molar-refractivity contribution in [2.45, 2.75) is 11.8 Å². The lowest BCUT2D eigenvalue weighted by Crippen LogP contribution is -2.13. The summed E-state index contributed by atoms with van der Waals surface area (Å²) in [6.07, 6.45) is 0. The Hall–Kier alpha value is -3.19. The Morgan fingerprint density at radius 2 is 1.32 bits per heavy atom. The van der Waals surface area contributed by atoms with Gasteiger partial charge in [0.05, 0.1) is 19.1 Å². The van der Waals surface area contributed by atoms with Crippen LogP contribution in [0.25, 0.3) is 0 Å². The fourth-order valence-corrected chi connectivity index (χ4v) is 3.84. The second kappa shape index (κ2) is 8.22. The van der Waals surface area contributed by atoms with Gasteiger partial charge < -0.3 is 14.8 Å². The maximum atomic E-state index is 12.6. The number of nitrogens with one attached hydrogen (secondary N) is 2. The summed E-state index contributed by atoms with van der Waals surface area (Å²) < 4.78 is 38.1. The van der Waals surface area contributed by atoms with Gasteiger partial charge in [0.15, 0.2) is 0 Å². The van der Waals surface area contributed by atoms with E-state index in [1.165, 1.54) is 6.07 Å². The zero-order chi connectivity index (χ0) is 20.1. The third-order valence-corrected chi connectivity index (χ3v) is 5.57. The van der Waals surface area contributed by atoms with E-state index in [9.17, 15) is 8.42 Å². The fourth-order valence-electron chi connectivity index (χ4n) is 2.69. The molecule has 3 aromatic carbocycles. The average molecular weight is 398 g/mol. The second-order valence-electron chi connectivity index (χ2n) is 6.17. The number of aryl methyl sites for hydroxylation is 1. The fraction of sp³-hybridized carbons (Fsp3) is 0.143. The van der Waals surface area contributed by atoms with Gasteiger partial charge in [0.1, 0.15) is 11.5 Å². The first-order valence-corrected chi connectivity index (χ1v) is 10.1. The molecule has 0 aliphatic rings. The molecule has 0 saturated heterocycles. The van der Waals surface area contributed by atoms with E-state index in [1.807, 2.05) is 24.3 Å². The molecule has 0 fully saturated rings. The Morgan fingerprint density at radius 1 is 0.750 bits per heavy atom. The summed E-state index contributed by atoms with van der Waals surface area (Å²) in [4.78, 5) is 0.186. The van der Waals surface area contributed by atoms with Crippen molar-refractivity contribution in [2.24, 2.45) is 0 Å². The van der Waals surface area contributed by atoms with E-state index < -0.39 is 10.0 Å². The molecule has 0 atom stereocenters. The molecule has 0 heterocycles. The van der Waals surface area contributed by atoms with Crippen LogP contribution in [-0.4, -0.2) is 22.6 Å². The first-order valence-electron chi connectivity index (χ1n) is 8.60. The summed E-state index contributed by atoms with van der Waals surface area (Å²) in [5.41, 5.74) is 2.98. The molecule has 0 aliphatic carbocycles. The summed E-state index contributed by atoms with van der Waals surface area (Å²) in [5, 5.41) is 3.25. The smallest absolute Gasteiger partial charge is 0.261 e. The minimum Gasteiger partial charge on any atom is -0.497 e. The van der Waals surface area contributed by atoms with E-state index in [0.717, 1.165) is 22.7 Å². The van der Waals surface area contributed by atoms with Crippen LogP contribution in [0.1, 0.15) is 5.56 Å². The molecular formula is C21H22N2O4S. The molecule has 0 aliphatic heterocycles. The predicted molar refractivity (Wildman–Crippen MR) is 111 cm³/mol. The number of hydrogen-bond donors (Lipinski definition) is 2. The largest absolute Gasteiger partial charge is 0.497 e. The van der Waals surface area contributed by atoms with Crippen molar-refractivity contribution in [3.8, 4) is 11.5 Å². The summed E-state index contributed by atoms with van der Waals surface area (Å²) in [5.74, 6) is 1.43. The normalized spacial score (nSPS) is 11.0. The quantitative estimate of drug-likeness (QED) is 0.610. The van der Waals surface area contributed by atoms with Gasteiger partial charge in [-0.3, -0.25) is 4.72 Å². The topological polar surface area (TPSA) is 76.7 Å². The zero-order valence-corrected chi connectivity index (χ0v) is 16.7. The van der Waals surface area contributed by atoms with Crippen LogP contribution >= 0.6 is 0 Å². The first kappa shape index (κ1) is 19.6. The zero-order valence-electron chi connectivity index (χ0n) is 15.9. The van der Waals surface area contributed by atoms with Gasteiger partial charge in [-0.25, -0.2) is 8.42 Å². The molecule has 0 saturated carbocycles. The number of methoxy groups -OCH3 is 2. The molecule has 6 nitrogen and oxygen atoms in total. The molecule has 0 amide bonds. The highest BCUT2D eigenvalue weighted by Crippen LogP contribution is 2.25. The molecule has 7 heteroatoms. The Morgan fingerprint density at radius 3 is 1.86 bits per heavy atom. The minimum absolute atomic E-state index is 0.186. The SMILES string of the molecule is COc1ccc(Nc2ccc(NS(=O)(=O)c3ccc(OC)c(C)c3)cc2)cc1. The Labute approximate surface area is 165 Å². The van der Waals surface area contributed by atoms with E-state index in [0.29, 0.717) is 11.4 Å².